The van der Waals surface area contributed by atoms with E-state index < -0.39 is 35.1 Å². The molecular weight excluding hydrogens is 368 g/mol. The minimum absolute atomic E-state index is 0.301. The van der Waals surface area contributed by atoms with Crippen molar-refractivity contribution in [2.45, 2.75) is 15.2 Å². The third-order valence-corrected chi connectivity index (χ3v) is 8.61. The van der Waals surface area contributed by atoms with Gasteiger partial charge in [0, 0.05) is 0 Å². The van der Waals surface area contributed by atoms with Gasteiger partial charge in [-0.3, -0.25) is 0 Å². The molecule has 0 radical (unpaired) electrons. The van der Waals surface area contributed by atoms with Crippen LogP contribution in [0.3, 0.4) is 0 Å². The molecule has 2 nitrogen and oxygen atoms in total. The number of hydrogen-bond donors (Lipinski definition) is 0. The van der Waals surface area contributed by atoms with Crippen LogP contribution in [0, 0.1) is 0 Å². The molecule has 1 unspecified atom stereocenters. The van der Waals surface area contributed by atoms with Crippen molar-refractivity contribution in [1.29, 1.82) is 0 Å². The van der Waals surface area contributed by atoms with Gasteiger partial charge in [-0.05, 0) is 0 Å². The van der Waals surface area contributed by atoms with Crippen LogP contribution in [0.15, 0.2) is 65.6 Å². The molecule has 0 spiro atoms. The van der Waals surface area contributed by atoms with Crippen molar-refractivity contribution < 1.29 is 21.6 Å². The van der Waals surface area contributed by atoms with Crippen molar-refractivity contribution in [3.8, 4) is 0 Å². The number of sulfone groups is 1. The van der Waals surface area contributed by atoms with Gasteiger partial charge in [0.2, 0.25) is 0 Å². The van der Waals surface area contributed by atoms with Gasteiger partial charge in [-0.1, -0.05) is 0 Å². The summed E-state index contributed by atoms with van der Waals surface area (Å²) in [4.78, 5) is -0.301. The number of rotatable bonds is 4. The van der Waals surface area contributed by atoms with E-state index in [-0.39, 0.29) is 4.90 Å². The summed E-state index contributed by atoms with van der Waals surface area (Å²) < 4.78 is 62.2. The van der Waals surface area contributed by atoms with E-state index in [0.717, 1.165) is 0 Å². The third-order valence-electron chi connectivity index (χ3n) is 2.61. The van der Waals surface area contributed by atoms with Gasteiger partial charge in [0.25, 0.3) is 0 Å². The van der Waals surface area contributed by atoms with Crippen LogP contribution in [0.2, 0.25) is 0 Å². The molecular formula is C14H11F3O2SSe. The maximum absolute atomic E-state index is 13.2. The van der Waals surface area contributed by atoms with E-state index in [2.05, 4.69) is 0 Å². The molecule has 0 N–H and O–H groups in total. The van der Waals surface area contributed by atoms with Crippen LogP contribution in [-0.2, 0) is 9.84 Å². The zero-order valence-electron chi connectivity index (χ0n) is 10.6. The summed E-state index contributed by atoms with van der Waals surface area (Å²) >= 11 is -1.26. The molecule has 0 saturated carbocycles. The minimum atomic E-state index is -4.80. The molecule has 0 heterocycles. The summed E-state index contributed by atoms with van der Waals surface area (Å²) in [7, 11) is -4.45. The van der Waals surface area contributed by atoms with E-state index in [1.54, 1.807) is 24.3 Å². The van der Waals surface area contributed by atoms with Gasteiger partial charge >= 0.3 is 127 Å². The third kappa shape index (κ3) is 3.87. The SMILES string of the molecule is O=S(=O)(c1ccccc1)C([Se]c1ccccc1)C(F)(F)F. The summed E-state index contributed by atoms with van der Waals surface area (Å²) in [5.74, 6) is 0. The summed E-state index contributed by atoms with van der Waals surface area (Å²) in [6.45, 7) is 0. The Hall–Kier alpha value is -1.30. The van der Waals surface area contributed by atoms with Gasteiger partial charge in [0.15, 0.2) is 0 Å². The first-order chi connectivity index (χ1) is 9.82. The van der Waals surface area contributed by atoms with Crippen molar-refractivity contribution >= 4 is 29.3 Å². The molecule has 0 bridgehead atoms. The summed E-state index contributed by atoms with van der Waals surface area (Å²) in [5, 5.41) is 0. The monoisotopic (exact) mass is 380 g/mol. The Kier molecular flexibility index (Phi) is 4.76. The van der Waals surface area contributed by atoms with Crippen LogP contribution in [0.1, 0.15) is 0 Å². The quantitative estimate of drug-likeness (QED) is 0.765. The first kappa shape index (κ1) is 16.1. The van der Waals surface area contributed by atoms with E-state index in [0.29, 0.717) is 4.46 Å². The molecule has 0 aliphatic heterocycles. The molecule has 0 fully saturated rings. The van der Waals surface area contributed by atoms with Crippen molar-refractivity contribution in [1.82, 2.24) is 0 Å². The summed E-state index contributed by atoms with van der Waals surface area (Å²) in [6.07, 6.45) is -4.80. The first-order valence-corrected chi connectivity index (χ1v) is 9.28. The normalized spacial score (nSPS) is 13.9. The van der Waals surface area contributed by atoms with Crippen LogP contribution >= 0.6 is 0 Å². The number of halogens is 3. The fourth-order valence-corrected chi connectivity index (χ4v) is 6.46. The molecule has 7 heteroatoms. The van der Waals surface area contributed by atoms with E-state index in [1.807, 2.05) is 0 Å². The van der Waals surface area contributed by atoms with E-state index in [4.69, 9.17) is 0 Å². The van der Waals surface area contributed by atoms with Crippen molar-refractivity contribution in [2.75, 3.05) is 0 Å². The molecule has 0 aromatic heterocycles. The van der Waals surface area contributed by atoms with Gasteiger partial charge < -0.3 is 0 Å². The van der Waals surface area contributed by atoms with E-state index in [9.17, 15) is 21.6 Å². The Morgan fingerprint density at radius 3 is 1.81 bits per heavy atom. The fourth-order valence-electron chi connectivity index (χ4n) is 1.66. The van der Waals surface area contributed by atoms with Crippen molar-refractivity contribution in [2.24, 2.45) is 0 Å². The molecule has 0 aliphatic rings. The Labute approximate surface area is 127 Å². The molecule has 0 aliphatic carbocycles. The van der Waals surface area contributed by atoms with E-state index >= 15 is 0 Å². The Morgan fingerprint density at radius 2 is 1.33 bits per heavy atom. The first-order valence-electron chi connectivity index (χ1n) is 5.89. The number of benzene rings is 2. The van der Waals surface area contributed by atoms with Gasteiger partial charge in [0.1, 0.15) is 0 Å². The average Bonchev–Trinajstić information content (AvgIpc) is 2.45. The predicted molar refractivity (Wildman–Crippen MR) is 75.3 cm³/mol. The van der Waals surface area contributed by atoms with Crippen molar-refractivity contribution in [3.63, 3.8) is 0 Å². The van der Waals surface area contributed by atoms with Gasteiger partial charge in [-0.15, -0.1) is 0 Å². The number of hydrogen-bond acceptors (Lipinski definition) is 2. The Bertz CT molecular complexity index is 685. The summed E-state index contributed by atoms with van der Waals surface area (Å²) in [5.41, 5.74) is 0. The molecule has 112 valence electrons. The molecule has 1 atom stereocenters. The zero-order valence-corrected chi connectivity index (χ0v) is 13.1. The molecule has 2 aromatic rings. The molecule has 2 aromatic carbocycles. The number of alkyl halides is 3. The fraction of sp³-hybridized carbons (Fsp3) is 0.143. The maximum atomic E-state index is 13.2. The van der Waals surface area contributed by atoms with Crippen LogP contribution < -0.4 is 4.46 Å². The molecule has 0 saturated heterocycles. The molecule has 2 rings (SSSR count). The second-order valence-electron chi connectivity index (χ2n) is 4.16. The summed E-state index contributed by atoms with van der Waals surface area (Å²) in [6, 6.07) is 14.7. The second kappa shape index (κ2) is 6.22. The standard InChI is InChI=1S/C14H11F3O2SSe/c15-14(16,17)13(21-12-9-5-2-6-10-12)20(18,19)11-7-3-1-4-8-11/h1-10,13H. The zero-order chi connectivity index (χ0) is 15.5. The Morgan fingerprint density at radius 1 is 0.857 bits per heavy atom. The Balaban J connectivity index is 2.42. The average molecular weight is 379 g/mol. The topological polar surface area (TPSA) is 34.1 Å². The van der Waals surface area contributed by atoms with Crippen LogP contribution in [-0.4, -0.2) is 33.7 Å². The molecule has 21 heavy (non-hydrogen) atoms. The van der Waals surface area contributed by atoms with Gasteiger partial charge in [0.05, 0.1) is 0 Å². The predicted octanol–water partition coefficient (Wildman–Crippen LogP) is 2.38. The van der Waals surface area contributed by atoms with Crippen LogP contribution in [0.25, 0.3) is 0 Å². The van der Waals surface area contributed by atoms with Gasteiger partial charge in [-0.25, -0.2) is 0 Å². The van der Waals surface area contributed by atoms with Crippen molar-refractivity contribution in [3.05, 3.63) is 60.7 Å². The molecule has 0 amide bonds. The second-order valence-corrected chi connectivity index (χ2v) is 9.34. The van der Waals surface area contributed by atoms with Crippen LogP contribution in [0.4, 0.5) is 13.2 Å². The van der Waals surface area contributed by atoms with E-state index in [1.165, 1.54) is 36.4 Å². The van der Waals surface area contributed by atoms with Gasteiger partial charge in [-0.2, -0.15) is 0 Å². The van der Waals surface area contributed by atoms with Crippen LogP contribution in [0.5, 0.6) is 0 Å².